The fraction of sp³-hybridized carbons (Fsp3) is 0.345. The molecule has 3 aromatic rings. The fourth-order valence-corrected chi connectivity index (χ4v) is 4.81. The highest BCUT2D eigenvalue weighted by Crippen LogP contribution is 2.30. The monoisotopic (exact) mass is 471 g/mol. The number of aryl methyl sites for hydroxylation is 1. The van der Waals surface area contributed by atoms with Crippen molar-refractivity contribution in [3.63, 3.8) is 0 Å². The summed E-state index contributed by atoms with van der Waals surface area (Å²) in [6.45, 7) is 5.90. The lowest BCUT2D eigenvalue weighted by Gasteiger charge is -2.32. The number of allylic oxidation sites excluding steroid dienone is 2. The van der Waals surface area contributed by atoms with Gasteiger partial charge in [-0.1, -0.05) is 57.2 Å². The van der Waals surface area contributed by atoms with Gasteiger partial charge in [-0.15, -0.1) is 0 Å². The minimum atomic E-state index is -1.16. The first-order chi connectivity index (χ1) is 16.9. The first-order valence-corrected chi connectivity index (χ1v) is 12.4. The van der Waals surface area contributed by atoms with Crippen molar-refractivity contribution >= 4 is 34.0 Å². The second kappa shape index (κ2) is 10.3. The van der Waals surface area contributed by atoms with Crippen molar-refractivity contribution in [1.29, 1.82) is 0 Å². The first-order valence-electron chi connectivity index (χ1n) is 12.4. The molecule has 0 radical (unpaired) electrons. The van der Waals surface area contributed by atoms with E-state index in [0.717, 1.165) is 51.2 Å². The Kier molecular flexibility index (Phi) is 7.20. The molecule has 0 amide bonds. The largest absolute Gasteiger partial charge is 0.479 e. The van der Waals surface area contributed by atoms with E-state index < -0.39 is 11.5 Å². The molecule has 1 heterocycles. The molecule has 2 aromatic carbocycles. The third-order valence-electron chi connectivity index (χ3n) is 6.94. The van der Waals surface area contributed by atoms with Crippen LogP contribution in [0.4, 0.5) is 11.5 Å². The molecular weight excluding hydrogens is 438 g/mol. The van der Waals surface area contributed by atoms with Crippen LogP contribution in [0.1, 0.15) is 57.7 Å². The van der Waals surface area contributed by atoms with E-state index in [1.807, 2.05) is 50.2 Å². The number of anilines is 2. The number of aromatic nitrogens is 1. The SMILES string of the molecule is CCC1=C(N[C@@](CC)(Cc2ccc(Nc3nc(CC)cc4ccccc34)cc2)C(=O)O)CCC1=O. The Bertz CT molecular complexity index is 1280. The van der Waals surface area contributed by atoms with Crippen molar-refractivity contribution in [2.75, 3.05) is 5.32 Å². The topological polar surface area (TPSA) is 91.3 Å². The number of hydrogen-bond acceptors (Lipinski definition) is 5. The van der Waals surface area contributed by atoms with Crippen molar-refractivity contribution in [3.8, 4) is 0 Å². The quantitative estimate of drug-likeness (QED) is 0.339. The number of nitrogens with one attached hydrogen (secondary N) is 2. The molecule has 182 valence electrons. The highest BCUT2D eigenvalue weighted by Gasteiger charge is 2.39. The summed E-state index contributed by atoms with van der Waals surface area (Å²) in [5, 5.41) is 19.1. The molecule has 6 heteroatoms. The highest BCUT2D eigenvalue weighted by atomic mass is 16.4. The van der Waals surface area contributed by atoms with Gasteiger partial charge in [0, 0.05) is 40.9 Å². The molecule has 0 fully saturated rings. The highest BCUT2D eigenvalue weighted by molar-refractivity contribution is 5.98. The Hall–Kier alpha value is -3.67. The van der Waals surface area contributed by atoms with Gasteiger partial charge in [-0.25, -0.2) is 9.78 Å². The summed E-state index contributed by atoms with van der Waals surface area (Å²) in [6.07, 6.45) is 3.21. The van der Waals surface area contributed by atoms with Crippen LogP contribution < -0.4 is 10.6 Å². The summed E-state index contributed by atoms with van der Waals surface area (Å²) < 4.78 is 0. The second-order valence-corrected chi connectivity index (χ2v) is 9.14. The average molecular weight is 472 g/mol. The van der Waals surface area contributed by atoms with Crippen molar-refractivity contribution in [2.45, 2.75) is 64.8 Å². The first kappa shape index (κ1) is 24.5. The van der Waals surface area contributed by atoms with Gasteiger partial charge in [0.05, 0.1) is 0 Å². The summed E-state index contributed by atoms with van der Waals surface area (Å²) >= 11 is 0. The van der Waals surface area contributed by atoms with Gasteiger partial charge >= 0.3 is 5.97 Å². The Morgan fingerprint density at radius 3 is 2.43 bits per heavy atom. The molecule has 0 saturated carbocycles. The van der Waals surface area contributed by atoms with Gasteiger partial charge in [-0.2, -0.15) is 0 Å². The predicted octanol–water partition coefficient (Wildman–Crippen LogP) is 5.93. The molecule has 3 N–H and O–H groups in total. The summed E-state index contributed by atoms with van der Waals surface area (Å²) in [7, 11) is 0. The van der Waals surface area contributed by atoms with E-state index in [1.54, 1.807) is 0 Å². The lowest BCUT2D eigenvalue weighted by molar-refractivity contribution is -0.144. The van der Waals surface area contributed by atoms with Gasteiger partial charge in [0.25, 0.3) is 0 Å². The minimum Gasteiger partial charge on any atom is -0.479 e. The van der Waals surface area contributed by atoms with Gasteiger partial charge in [0.2, 0.25) is 0 Å². The van der Waals surface area contributed by atoms with E-state index in [-0.39, 0.29) is 5.78 Å². The smallest absolute Gasteiger partial charge is 0.329 e. The van der Waals surface area contributed by atoms with Gasteiger partial charge in [-0.3, -0.25) is 4.79 Å². The normalized spacial score (nSPS) is 15.3. The molecule has 0 bridgehead atoms. The number of rotatable bonds is 10. The molecule has 4 rings (SSSR count). The van der Waals surface area contributed by atoms with Gasteiger partial charge < -0.3 is 15.7 Å². The Morgan fingerprint density at radius 2 is 1.77 bits per heavy atom. The van der Waals surface area contributed by atoms with E-state index in [9.17, 15) is 14.7 Å². The number of carbonyl (C=O) groups excluding carboxylic acids is 1. The van der Waals surface area contributed by atoms with E-state index in [1.165, 1.54) is 0 Å². The van der Waals surface area contributed by atoms with Crippen LogP contribution in [0.5, 0.6) is 0 Å². The molecule has 6 nitrogen and oxygen atoms in total. The maximum Gasteiger partial charge on any atom is 0.329 e. The molecule has 0 unspecified atom stereocenters. The number of ketones is 1. The Morgan fingerprint density at radius 1 is 1.03 bits per heavy atom. The van der Waals surface area contributed by atoms with Crippen LogP contribution in [0.25, 0.3) is 10.8 Å². The number of pyridine rings is 1. The van der Waals surface area contributed by atoms with E-state index in [2.05, 4.69) is 35.8 Å². The number of fused-ring (bicyclic) bond motifs is 1. The lowest BCUT2D eigenvalue weighted by Crippen LogP contribution is -2.53. The van der Waals surface area contributed by atoms with Crippen LogP contribution in [0.3, 0.4) is 0 Å². The molecule has 1 aromatic heterocycles. The maximum atomic E-state index is 12.4. The second-order valence-electron chi connectivity index (χ2n) is 9.14. The van der Waals surface area contributed by atoms with Crippen LogP contribution in [0, 0.1) is 0 Å². The third kappa shape index (κ3) is 5.06. The Balaban J connectivity index is 1.57. The van der Waals surface area contributed by atoms with Crippen LogP contribution >= 0.6 is 0 Å². The number of hydrogen-bond donors (Lipinski definition) is 3. The number of Topliss-reactive ketones (excluding diaryl/α,β-unsaturated/α-hetero) is 1. The molecule has 1 aliphatic rings. The maximum absolute atomic E-state index is 12.4. The summed E-state index contributed by atoms with van der Waals surface area (Å²) in [5.41, 5.74) is 3.18. The predicted molar refractivity (Wildman–Crippen MR) is 140 cm³/mol. The molecule has 0 saturated heterocycles. The van der Waals surface area contributed by atoms with Crippen molar-refractivity contribution in [1.82, 2.24) is 10.3 Å². The number of nitrogens with zero attached hydrogens (tertiary/aromatic N) is 1. The Labute approximate surface area is 206 Å². The molecule has 1 atom stereocenters. The third-order valence-corrected chi connectivity index (χ3v) is 6.94. The zero-order valence-electron chi connectivity index (χ0n) is 20.6. The molecule has 1 aliphatic carbocycles. The molecule has 0 spiro atoms. The van der Waals surface area contributed by atoms with Crippen molar-refractivity contribution in [2.24, 2.45) is 0 Å². The van der Waals surface area contributed by atoms with E-state index in [0.29, 0.717) is 32.1 Å². The average Bonchev–Trinajstić information content (AvgIpc) is 3.22. The number of carbonyl (C=O) groups is 2. The molecule has 35 heavy (non-hydrogen) atoms. The fourth-order valence-electron chi connectivity index (χ4n) is 4.81. The molecule has 0 aliphatic heterocycles. The van der Waals surface area contributed by atoms with Gasteiger partial charge in [-0.05, 0) is 54.8 Å². The number of carboxylic acids is 1. The number of aliphatic carboxylic acids is 1. The zero-order valence-corrected chi connectivity index (χ0v) is 20.6. The van der Waals surface area contributed by atoms with Crippen LogP contribution in [-0.4, -0.2) is 27.4 Å². The summed E-state index contributed by atoms with van der Waals surface area (Å²) in [5.74, 6) is 0.0263. The summed E-state index contributed by atoms with van der Waals surface area (Å²) in [6, 6.07) is 18.1. The van der Waals surface area contributed by atoms with Crippen LogP contribution in [0.15, 0.2) is 65.9 Å². The van der Waals surface area contributed by atoms with Crippen molar-refractivity contribution < 1.29 is 14.7 Å². The van der Waals surface area contributed by atoms with Gasteiger partial charge in [0.15, 0.2) is 5.78 Å². The van der Waals surface area contributed by atoms with E-state index >= 15 is 0 Å². The van der Waals surface area contributed by atoms with Crippen LogP contribution in [-0.2, 0) is 22.4 Å². The minimum absolute atomic E-state index is 0.120. The molecular formula is C29H33N3O3. The number of carboxylic acid groups (broad SMARTS) is 1. The standard InChI is InChI=1S/C29H33N3O3/c1-4-21-17-20-9-7-8-10-24(20)27(30-21)31-22-13-11-19(12-14-22)18-29(6-3,28(34)35)32-25-15-16-26(33)23(25)5-2/h7-14,17,32H,4-6,15-16,18H2,1-3H3,(H,30,31)(H,34,35)/t29-/m0/s1. The summed E-state index contributed by atoms with van der Waals surface area (Å²) in [4.78, 5) is 29.4. The van der Waals surface area contributed by atoms with Gasteiger partial charge in [0.1, 0.15) is 11.4 Å². The number of benzene rings is 2. The lowest BCUT2D eigenvalue weighted by atomic mass is 9.87. The zero-order chi connectivity index (χ0) is 25.0. The van der Waals surface area contributed by atoms with E-state index in [4.69, 9.17) is 4.98 Å². The van der Waals surface area contributed by atoms with Crippen LogP contribution in [0.2, 0.25) is 0 Å². The van der Waals surface area contributed by atoms with Crippen molar-refractivity contribution in [3.05, 3.63) is 77.1 Å².